The molecule has 21 heavy (non-hydrogen) atoms. The number of unbranched alkanes of at least 4 members (excludes halogenated alkanes) is 1. The molecule has 1 aromatic rings. The largest absolute Gasteiger partial charge is 0.478 e. The molecule has 0 spiro atoms. The van der Waals surface area contributed by atoms with E-state index < -0.39 is 17.7 Å². The van der Waals surface area contributed by atoms with Crippen LogP contribution in [0.1, 0.15) is 49.0 Å². The Labute approximate surface area is 122 Å². The number of aromatic carboxylic acids is 1. The lowest BCUT2D eigenvalue weighted by Crippen LogP contribution is -2.11. The van der Waals surface area contributed by atoms with Gasteiger partial charge in [-0.1, -0.05) is 26.7 Å². The molecule has 0 aliphatic heterocycles. The van der Waals surface area contributed by atoms with Gasteiger partial charge in [-0.05, 0) is 30.5 Å². The molecule has 0 amide bonds. The van der Waals surface area contributed by atoms with Gasteiger partial charge >= 0.3 is 12.1 Å². The van der Waals surface area contributed by atoms with Crippen LogP contribution in [0.2, 0.25) is 0 Å². The number of hydrogen-bond acceptors (Lipinski definition) is 2. The van der Waals surface area contributed by atoms with Crippen molar-refractivity contribution in [3.8, 4) is 0 Å². The summed E-state index contributed by atoms with van der Waals surface area (Å²) in [7, 11) is 0. The fourth-order valence-corrected chi connectivity index (χ4v) is 1.95. The topological polar surface area (TPSA) is 49.3 Å². The summed E-state index contributed by atoms with van der Waals surface area (Å²) in [6.07, 6.45) is -1.63. The summed E-state index contributed by atoms with van der Waals surface area (Å²) in [5.74, 6) is -0.767. The molecule has 2 N–H and O–H groups in total. The zero-order valence-corrected chi connectivity index (χ0v) is 12.1. The SMILES string of the molecule is CC(C)CCCCNc1ccc(C(F)(F)F)cc1C(=O)O. The van der Waals surface area contributed by atoms with Gasteiger partial charge in [0.2, 0.25) is 0 Å². The predicted octanol–water partition coefficient (Wildman–Crippen LogP) is 4.64. The first-order chi connectivity index (χ1) is 9.71. The number of nitrogens with one attached hydrogen (secondary N) is 1. The summed E-state index contributed by atoms with van der Waals surface area (Å²) < 4.78 is 37.7. The van der Waals surface area contributed by atoms with E-state index >= 15 is 0 Å². The van der Waals surface area contributed by atoms with Crippen LogP contribution in [-0.2, 0) is 6.18 Å². The Morgan fingerprint density at radius 2 is 1.95 bits per heavy atom. The summed E-state index contributed by atoms with van der Waals surface area (Å²) in [5, 5.41) is 11.9. The molecule has 0 radical (unpaired) electrons. The molecule has 0 aromatic heterocycles. The highest BCUT2D eigenvalue weighted by Gasteiger charge is 2.31. The van der Waals surface area contributed by atoms with Crippen LogP contribution in [0.3, 0.4) is 0 Å². The van der Waals surface area contributed by atoms with Crippen LogP contribution in [0.4, 0.5) is 18.9 Å². The molecule has 0 aliphatic rings. The van der Waals surface area contributed by atoms with Crippen molar-refractivity contribution in [1.82, 2.24) is 0 Å². The molecule has 1 rings (SSSR count). The molecule has 0 aliphatic carbocycles. The Balaban J connectivity index is 2.72. The van der Waals surface area contributed by atoms with Gasteiger partial charge in [-0.25, -0.2) is 4.79 Å². The van der Waals surface area contributed by atoms with Gasteiger partial charge in [0.25, 0.3) is 0 Å². The summed E-state index contributed by atoms with van der Waals surface area (Å²) in [6, 6.07) is 2.73. The third-order valence-electron chi connectivity index (χ3n) is 3.10. The maximum atomic E-state index is 12.6. The van der Waals surface area contributed by atoms with Crippen LogP contribution in [-0.4, -0.2) is 17.6 Å². The van der Waals surface area contributed by atoms with Crippen molar-refractivity contribution in [2.75, 3.05) is 11.9 Å². The highest BCUT2D eigenvalue weighted by atomic mass is 19.4. The molecular weight excluding hydrogens is 283 g/mol. The van der Waals surface area contributed by atoms with Crippen LogP contribution in [0.5, 0.6) is 0 Å². The number of hydrogen-bond donors (Lipinski definition) is 2. The molecule has 0 unspecified atom stereocenters. The molecule has 0 heterocycles. The average molecular weight is 303 g/mol. The first kappa shape index (κ1) is 17.3. The molecule has 0 bridgehead atoms. The number of alkyl halides is 3. The molecule has 1 aromatic carbocycles. The lowest BCUT2D eigenvalue weighted by atomic mass is 10.1. The lowest BCUT2D eigenvalue weighted by molar-refractivity contribution is -0.137. The Morgan fingerprint density at radius 1 is 1.29 bits per heavy atom. The number of halogens is 3. The fourth-order valence-electron chi connectivity index (χ4n) is 1.95. The van der Waals surface area contributed by atoms with E-state index in [-0.39, 0.29) is 11.3 Å². The minimum Gasteiger partial charge on any atom is -0.478 e. The molecule has 0 fully saturated rings. The third-order valence-corrected chi connectivity index (χ3v) is 3.10. The Kier molecular flexibility index (Phi) is 6.05. The standard InChI is InChI=1S/C15H20F3NO2/c1-10(2)5-3-4-8-19-13-7-6-11(15(16,17)18)9-12(13)14(20)21/h6-7,9-10,19H,3-5,8H2,1-2H3,(H,20,21). The van der Waals surface area contributed by atoms with E-state index in [9.17, 15) is 18.0 Å². The molecule has 3 nitrogen and oxygen atoms in total. The minimum absolute atomic E-state index is 0.222. The number of anilines is 1. The summed E-state index contributed by atoms with van der Waals surface area (Å²) >= 11 is 0. The monoisotopic (exact) mass is 303 g/mol. The summed E-state index contributed by atoms with van der Waals surface area (Å²) in [5.41, 5.74) is -1.08. The van der Waals surface area contributed by atoms with Crippen LogP contribution in [0.25, 0.3) is 0 Å². The van der Waals surface area contributed by atoms with Crippen LogP contribution in [0.15, 0.2) is 18.2 Å². The van der Waals surface area contributed by atoms with Crippen molar-refractivity contribution in [1.29, 1.82) is 0 Å². The van der Waals surface area contributed by atoms with E-state index in [0.717, 1.165) is 25.3 Å². The second-order valence-electron chi connectivity index (χ2n) is 5.38. The van der Waals surface area contributed by atoms with Crippen LogP contribution in [0, 0.1) is 5.92 Å². The highest BCUT2D eigenvalue weighted by molar-refractivity contribution is 5.94. The van der Waals surface area contributed by atoms with Gasteiger partial charge < -0.3 is 10.4 Å². The molecule has 118 valence electrons. The van der Waals surface area contributed by atoms with Gasteiger partial charge in [-0.2, -0.15) is 13.2 Å². The molecule has 0 saturated heterocycles. The summed E-state index contributed by atoms with van der Waals surface area (Å²) in [6.45, 7) is 4.77. The quantitative estimate of drug-likeness (QED) is 0.721. The average Bonchev–Trinajstić information content (AvgIpc) is 2.36. The van der Waals surface area contributed by atoms with Crippen molar-refractivity contribution in [3.05, 3.63) is 29.3 Å². The zero-order valence-electron chi connectivity index (χ0n) is 12.1. The van der Waals surface area contributed by atoms with Crippen molar-refractivity contribution < 1.29 is 23.1 Å². The van der Waals surface area contributed by atoms with E-state index in [0.29, 0.717) is 18.5 Å². The minimum atomic E-state index is -4.54. The number of carboxylic acid groups (broad SMARTS) is 1. The first-order valence-corrected chi connectivity index (χ1v) is 6.90. The van der Waals surface area contributed by atoms with Gasteiger partial charge in [0.1, 0.15) is 0 Å². The molecular formula is C15H20F3NO2. The van der Waals surface area contributed by atoms with Crippen LogP contribution < -0.4 is 5.32 Å². The zero-order chi connectivity index (χ0) is 16.0. The second kappa shape index (κ2) is 7.33. The first-order valence-electron chi connectivity index (χ1n) is 6.90. The number of carboxylic acids is 1. The Bertz CT molecular complexity index is 484. The van der Waals surface area contributed by atoms with Gasteiger partial charge in [-0.3, -0.25) is 0 Å². The summed E-state index contributed by atoms with van der Waals surface area (Å²) in [4.78, 5) is 11.1. The maximum Gasteiger partial charge on any atom is 0.416 e. The van der Waals surface area contributed by atoms with E-state index in [2.05, 4.69) is 19.2 Å². The third kappa shape index (κ3) is 5.65. The normalized spacial score (nSPS) is 11.7. The van der Waals surface area contributed by atoms with Crippen molar-refractivity contribution in [3.63, 3.8) is 0 Å². The second-order valence-corrected chi connectivity index (χ2v) is 5.38. The Hall–Kier alpha value is -1.72. The van der Waals surface area contributed by atoms with Crippen molar-refractivity contribution in [2.45, 2.75) is 39.3 Å². The van der Waals surface area contributed by atoms with E-state index in [4.69, 9.17) is 5.11 Å². The smallest absolute Gasteiger partial charge is 0.416 e. The van der Waals surface area contributed by atoms with Gasteiger partial charge in [-0.15, -0.1) is 0 Å². The molecule has 0 saturated carbocycles. The number of rotatable bonds is 7. The van der Waals surface area contributed by atoms with Crippen molar-refractivity contribution in [2.24, 2.45) is 5.92 Å². The van der Waals surface area contributed by atoms with E-state index in [1.807, 2.05) is 0 Å². The van der Waals surface area contributed by atoms with Crippen molar-refractivity contribution >= 4 is 11.7 Å². The molecule has 6 heteroatoms. The maximum absolute atomic E-state index is 12.6. The van der Waals surface area contributed by atoms with Crippen LogP contribution >= 0.6 is 0 Å². The highest BCUT2D eigenvalue weighted by Crippen LogP contribution is 2.31. The number of benzene rings is 1. The van der Waals surface area contributed by atoms with Gasteiger partial charge in [0.05, 0.1) is 11.1 Å². The lowest BCUT2D eigenvalue weighted by Gasteiger charge is -2.13. The Morgan fingerprint density at radius 3 is 2.48 bits per heavy atom. The predicted molar refractivity (Wildman–Crippen MR) is 75.6 cm³/mol. The fraction of sp³-hybridized carbons (Fsp3) is 0.533. The van der Waals surface area contributed by atoms with Gasteiger partial charge in [0.15, 0.2) is 0 Å². The number of carbonyl (C=O) groups is 1. The van der Waals surface area contributed by atoms with E-state index in [1.165, 1.54) is 6.07 Å². The van der Waals surface area contributed by atoms with Gasteiger partial charge in [0, 0.05) is 12.2 Å². The molecule has 0 atom stereocenters. The van der Waals surface area contributed by atoms with E-state index in [1.54, 1.807) is 0 Å².